The molecule has 0 fully saturated rings. The van der Waals surface area contributed by atoms with Gasteiger partial charge in [-0.1, -0.05) is 48.0 Å². The number of thiophene rings is 1. The van der Waals surface area contributed by atoms with Crippen LogP contribution in [-0.4, -0.2) is 27.4 Å². The van der Waals surface area contributed by atoms with Crippen LogP contribution in [0, 0.1) is 6.92 Å². The van der Waals surface area contributed by atoms with Crippen LogP contribution < -0.4 is 9.62 Å². The number of nitrogens with one attached hydrogen (secondary N) is 1. The SMILES string of the molecule is Cc1ccc(S(=O)(=O)N(C)c2ccsc2C(=O)N[C@@H](C)CCc2ccccc2)cc1. The van der Waals surface area contributed by atoms with Crippen molar-refractivity contribution in [3.05, 3.63) is 82.0 Å². The van der Waals surface area contributed by atoms with Crippen molar-refractivity contribution in [3.63, 3.8) is 0 Å². The van der Waals surface area contributed by atoms with Crippen molar-refractivity contribution in [2.45, 2.75) is 37.6 Å². The van der Waals surface area contributed by atoms with Crippen LogP contribution in [0.25, 0.3) is 0 Å². The van der Waals surface area contributed by atoms with Gasteiger partial charge in [0.25, 0.3) is 15.9 Å². The van der Waals surface area contributed by atoms with E-state index in [1.54, 1.807) is 35.7 Å². The van der Waals surface area contributed by atoms with Gasteiger partial charge in [0.15, 0.2) is 0 Å². The second kappa shape index (κ2) is 9.45. The van der Waals surface area contributed by atoms with E-state index in [0.717, 1.165) is 18.4 Å². The van der Waals surface area contributed by atoms with Crippen molar-refractivity contribution in [2.75, 3.05) is 11.4 Å². The first kappa shape index (κ1) is 22.1. The van der Waals surface area contributed by atoms with Gasteiger partial charge in [0.1, 0.15) is 4.88 Å². The Hall–Kier alpha value is -2.64. The van der Waals surface area contributed by atoms with Gasteiger partial charge in [-0.2, -0.15) is 0 Å². The largest absolute Gasteiger partial charge is 0.349 e. The molecule has 0 saturated heterocycles. The summed E-state index contributed by atoms with van der Waals surface area (Å²) in [4.78, 5) is 13.4. The lowest BCUT2D eigenvalue weighted by Gasteiger charge is -2.20. The predicted molar refractivity (Wildman–Crippen MR) is 123 cm³/mol. The third kappa shape index (κ3) is 5.09. The number of hydrogen-bond acceptors (Lipinski definition) is 4. The zero-order chi connectivity index (χ0) is 21.7. The zero-order valence-electron chi connectivity index (χ0n) is 17.3. The third-order valence-corrected chi connectivity index (χ3v) is 7.64. The number of anilines is 1. The summed E-state index contributed by atoms with van der Waals surface area (Å²) in [6.45, 7) is 3.86. The summed E-state index contributed by atoms with van der Waals surface area (Å²) < 4.78 is 27.2. The molecule has 30 heavy (non-hydrogen) atoms. The standard InChI is InChI=1S/C23H26N2O3S2/c1-17-9-13-20(14-10-17)30(27,28)25(3)21-15-16-29-22(21)23(26)24-18(2)11-12-19-7-5-4-6-8-19/h4-10,13-16,18H,11-12H2,1-3H3,(H,24,26)/t18-/m0/s1. The Morgan fingerprint density at radius 3 is 2.40 bits per heavy atom. The molecule has 2 aromatic carbocycles. The molecule has 1 heterocycles. The molecule has 3 aromatic rings. The number of aryl methyl sites for hydroxylation is 2. The molecule has 1 N–H and O–H groups in total. The van der Waals surface area contributed by atoms with E-state index in [4.69, 9.17) is 0 Å². The average molecular weight is 443 g/mol. The highest BCUT2D eigenvalue weighted by Crippen LogP contribution is 2.30. The van der Waals surface area contributed by atoms with E-state index in [0.29, 0.717) is 10.6 Å². The van der Waals surface area contributed by atoms with Crippen LogP contribution in [-0.2, 0) is 16.4 Å². The Balaban J connectivity index is 1.70. The Morgan fingerprint density at radius 1 is 1.07 bits per heavy atom. The van der Waals surface area contributed by atoms with Gasteiger partial charge >= 0.3 is 0 Å². The second-order valence-electron chi connectivity index (χ2n) is 7.32. The van der Waals surface area contributed by atoms with E-state index in [1.807, 2.05) is 32.0 Å². The van der Waals surface area contributed by atoms with E-state index >= 15 is 0 Å². The molecule has 7 heteroatoms. The number of carbonyl (C=O) groups excluding carboxylic acids is 1. The van der Waals surface area contributed by atoms with E-state index in [2.05, 4.69) is 17.4 Å². The number of sulfonamides is 1. The molecule has 0 saturated carbocycles. The quantitative estimate of drug-likeness (QED) is 0.553. The maximum Gasteiger partial charge on any atom is 0.264 e. The summed E-state index contributed by atoms with van der Waals surface area (Å²) in [7, 11) is -2.27. The van der Waals surface area contributed by atoms with Gasteiger partial charge in [-0.05, 0) is 55.8 Å². The fourth-order valence-corrected chi connectivity index (χ4v) is 5.20. The summed E-state index contributed by atoms with van der Waals surface area (Å²) in [5, 5.41) is 4.73. The second-order valence-corrected chi connectivity index (χ2v) is 10.2. The highest BCUT2D eigenvalue weighted by atomic mass is 32.2. The number of carbonyl (C=O) groups is 1. The first-order chi connectivity index (χ1) is 14.3. The zero-order valence-corrected chi connectivity index (χ0v) is 19.0. The molecule has 1 aromatic heterocycles. The maximum atomic E-state index is 13.0. The van der Waals surface area contributed by atoms with Crippen LogP contribution in [0.4, 0.5) is 5.69 Å². The van der Waals surface area contributed by atoms with E-state index in [1.165, 1.54) is 28.3 Å². The molecule has 0 bridgehead atoms. The van der Waals surface area contributed by atoms with Gasteiger partial charge < -0.3 is 5.32 Å². The maximum absolute atomic E-state index is 13.0. The lowest BCUT2D eigenvalue weighted by molar-refractivity contribution is 0.0943. The number of hydrogen-bond donors (Lipinski definition) is 1. The van der Waals surface area contributed by atoms with E-state index < -0.39 is 10.0 Å². The normalized spacial score (nSPS) is 12.4. The summed E-state index contributed by atoms with van der Waals surface area (Å²) >= 11 is 1.24. The van der Waals surface area contributed by atoms with Crippen LogP contribution in [0.1, 0.15) is 34.1 Å². The molecular formula is C23H26N2O3S2. The van der Waals surface area contributed by atoms with Gasteiger partial charge in [-0.25, -0.2) is 8.42 Å². The van der Waals surface area contributed by atoms with Gasteiger partial charge in [-0.15, -0.1) is 11.3 Å². The predicted octanol–water partition coefficient (Wildman–Crippen LogP) is 4.63. The van der Waals surface area contributed by atoms with Crippen LogP contribution >= 0.6 is 11.3 Å². The highest BCUT2D eigenvalue weighted by Gasteiger charge is 2.26. The fourth-order valence-electron chi connectivity index (χ4n) is 3.11. The van der Waals surface area contributed by atoms with Crippen molar-refractivity contribution in [3.8, 4) is 0 Å². The summed E-state index contributed by atoms with van der Waals surface area (Å²) in [6.07, 6.45) is 1.66. The summed E-state index contributed by atoms with van der Waals surface area (Å²) in [5.74, 6) is -0.258. The molecule has 0 unspecified atom stereocenters. The minimum atomic E-state index is -3.75. The molecule has 1 atom stereocenters. The number of rotatable bonds is 8. The summed E-state index contributed by atoms with van der Waals surface area (Å²) in [6, 6.07) is 18.4. The van der Waals surface area contributed by atoms with Crippen LogP contribution in [0.2, 0.25) is 0 Å². The Bertz CT molecular complexity index is 1090. The minimum absolute atomic E-state index is 0.0355. The Morgan fingerprint density at radius 2 is 1.73 bits per heavy atom. The lowest BCUT2D eigenvalue weighted by atomic mass is 10.1. The molecule has 158 valence electrons. The van der Waals surface area contributed by atoms with Crippen molar-refractivity contribution in [2.24, 2.45) is 0 Å². The smallest absolute Gasteiger partial charge is 0.264 e. The van der Waals surface area contributed by atoms with E-state index in [9.17, 15) is 13.2 Å². The van der Waals surface area contributed by atoms with Crippen molar-refractivity contribution < 1.29 is 13.2 Å². The van der Waals surface area contributed by atoms with Crippen molar-refractivity contribution >= 4 is 33.0 Å². The molecule has 0 radical (unpaired) electrons. The summed E-state index contributed by atoms with van der Waals surface area (Å²) in [5.41, 5.74) is 2.59. The Labute approximate surface area is 182 Å². The van der Waals surface area contributed by atoms with Crippen LogP contribution in [0.3, 0.4) is 0 Å². The first-order valence-corrected chi connectivity index (χ1v) is 12.1. The fraction of sp³-hybridized carbons (Fsp3) is 0.261. The molecule has 0 aliphatic heterocycles. The van der Waals surface area contributed by atoms with Gasteiger partial charge in [0.2, 0.25) is 0 Å². The average Bonchev–Trinajstić information content (AvgIpc) is 3.22. The van der Waals surface area contributed by atoms with Crippen LogP contribution in [0.5, 0.6) is 0 Å². The topological polar surface area (TPSA) is 66.5 Å². The molecule has 0 aliphatic carbocycles. The Kier molecular flexibility index (Phi) is 6.95. The monoisotopic (exact) mass is 442 g/mol. The van der Waals surface area contributed by atoms with Crippen molar-refractivity contribution in [1.29, 1.82) is 0 Å². The van der Waals surface area contributed by atoms with Crippen molar-refractivity contribution in [1.82, 2.24) is 5.32 Å². The highest BCUT2D eigenvalue weighted by molar-refractivity contribution is 7.92. The minimum Gasteiger partial charge on any atom is -0.349 e. The van der Waals surface area contributed by atoms with Gasteiger partial charge in [0, 0.05) is 13.1 Å². The molecule has 5 nitrogen and oxygen atoms in total. The van der Waals surface area contributed by atoms with E-state index in [-0.39, 0.29) is 16.8 Å². The molecule has 0 aliphatic rings. The number of amides is 1. The molecule has 0 spiro atoms. The first-order valence-electron chi connectivity index (χ1n) is 9.77. The molecule has 1 amide bonds. The van der Waals surface area contributed by atoms with Crippen LogP contribution in [0.15, 0.2) is 70.9 Å². The van der Waals surface area contributed by atoms with Gasteiger partial charge in [-0.3, -0.25) is 9.10 Å². The number of benzene rings is 2. The lowest BCUT2D eigenvalue weighted by Crippen LogP contribution is -2.34. The molecular weight excluding hydrogens is 416 g/mol. The van der Waals surface area contributed by atoms with Gasteiger partial charge in [0.05, 0.1) is 10.6 Å². The molecule has 3 rings (SSSR count). The number of nitrogens with zero attached hydrogens (tertiary/aromatic N) is 1. The third-order valence-electron chi connectivity index (χ3n) is 4.96.